The van der Waals surface area contributed by atoms with Crippen molar-refractivity contribution in [2.24, 2.45) is 4.99 Å². The number of aliphatic imine (C=N–C) groups is 1. The molecule has 7 nitrogen and oxygen atoms in total. The van der Waals surface area contributed by atoms with Gasteiger partial charge < -0.3 is 24.7 Å². The third-order valence-electron chi connectivity index (χ3n) is 5.73. The van der Waals surface area contributed by atoms with E-state index in [0.717, 1.165) is 55.7 Å². The van der Waals surface area contributed by atoms with E-state index in [9.17, 15) is 0 Å². The summed E-state index contributed by atoms with van der Waals surface area (Å²) in [5.74, 6) is 2.26. The molecule has 0 amide bonds. The Morgan fingerprint density at radius 3 is 2.88 bits per heavy atom. The quantitative estimate of drug-likeness (QED) is 0.510. The van der Waals surface area contributed by atoms with Gasteiger partial charge in [0, 0.05) is 43.8 Å². The second kappa shape index (κ2) is 10.9. The molecule has 8 heteroatoms. The summed E-state index contributed by atoms with van der Waals surface area (Å²) >= 11 is 6.54. The molecule has 1 saturated heterocycles. The SMILES string of the molecule is C/C=C(Cl)\C(=N/CNc1ccc2c(c1)OCCO2)n1cc(C)c(CN2CCCNCC2)c1. The van der Waals surface area contributed by atoms with Crippen molar-refractivity contribution in [1.29, 1.82) is 0 Å². The first kappa shape index (κ1) is 22.7. The Morgan fingerprint density at radius 1 is 1.19 bits per heavy atom. The first-order valence-electron chi connectivity index (χ1n) is 11.2. The minimum Gasteiger partial charge on any atom is -0.486 e. The number of nitrogens with zero attached hydrogens (tertiary/aromatic N) is 3. The van der Waals surface area contributed by atoms with Gasteiger partial charge in [0.1, 0.15) is 19.9 Å². The molecule has 0 bridgehead atoms. The number of aryl methyl sites for hydroxylation is 1. The van der Waals surface area contributed by atoms with Gasteiger partial charge in [-0.25, -0.2) is 4.99 Å². The minimum atomic E-state index is 0.392. The fraction of sp³-hybridized carbons (Fsp3) is 0.458. The van der Waals surface area contributed by atoms with Gasteiger partial charge in [0.05, 0.1) is 5.03 Å². The molecule has 0 atom stereocenters. The third kappa shape index (κ3) is 5.65. The standard InChI is InChI=1S/C24H32ClN5O2/c1-3-21(25)24(28-17-27-20-5-6-22-23(13-20)32-12-11-31-22)30-14-18(2)19(16-30)15-29-9-4-7-26-8-10-29/h3,5-6,13-14,16,26-27H,4,7-12,15,17H2,1-2H3/b21-3+,28-24+. The van der Waals surface area contributed by atoms with E-state index < -0.39 is 0 Å². The molecule has 0 unspecified atom stereocenters. The number of anilines is 1. The molecule has 4 rings (SSSR count). The Kier molecular flexibility index (Phi) is 7.73. The molecule has 32 heavy (non-hydrogen) atoms. The van der Waals surface area contributed by atoms with E-state index in [2.05, 4.69) is 34.9 Å². The Hall–Kier alpha value is -2.48. The normalized spacial score (nSPS) is 17.8. The lowest BCUT2D eigenvalue weighted by atomic mass is 10.2. The number of benzene rings is 1. The van der Waals surface area contributed by atoms with Crippen LogP contribution in [0, 0.1) is 6.92 Å². The van der Waals surface area contributed by atoms with Gasteiger partial charge in [-0.2, -0.15) is 0 Å². The summed E-state index contributed by atoms with van der Waals surface area (Å²) in [5, 5.41) is 7.41. The number of hydrogen-bond donors (Lipinski definition) is 2. The second-order valence-corrected chi connectivity index (χ2v) is 8.47. The molecule has 1 fully saturated rings. The molecule has 2 aliphatic rings. The number of aromatic nitrogens is 1. The molecule has 1 aromatic heterocycles. The largest absolute Gasteiger partial charge is 0.486 e. The van der Waals surface area contributed by atoms with Crippen molar-refractivity contribution in [1.82, 2.24) is 14.8 Å². The number of nitrogens with one attached hydrogen (secondary N) is 2. The van der Waals surface area contributed by atoms with Crippen molar-refractivity contribution < 1.29 is 9.47 Å². The highest BCUT2D eigenvalue weighted by Gasteiger charge is 2.15. The summed E-state index contributed by atoms with van der Waals surface area (Å²) < 4.78 is 13.3. The predicted octanol–water partition coefficient (Wildman–Crippen LogP) is 3.82. The van der Waals surface area contributed by atoms with E-state index in [-0.39, 0.29) is 0 Å². The van der Waals surface area contributed by atoms with E-state index in [1.807, 2.05) is 35.8 Å². The molecule has 0 aliphatic carbocycles. The molecule has 3 heterocycles. The van der Waals surface area contributed by atoms with Gasteiger partial charge in [-0.3, -0.25) is 4.90 Å². The zero-order valence-corrected chi connectivity index (χ0v) is 19.6. The van der Waals surface area contributed by atoms with Gasteiger partial charge in [-0.05, 0) is 56.6 Å². The molecule has 2 N–H and O–H groups in total. The molecule has 1 aromatic carbocycles. The lowest BCUT2D eigenvalue weighted by Crippen LogP contribution is -2.27. The van der Waals surface area contributed by atoms with Crippen molar-refractivity contribution in [2.45, 2.75) is 26.8 Å². The van der Waals surface area contributed by atoms with Crippen LogP contribution in [-0.4, -0.2) is 61.4 Å². The first-order valence-corrected chi connectivity index (χ1v) is 11.6. The highest BCUT2D eigenvalue weighted by molar-refractivity contribution is 6.43. The van der Waals surface area contributed by atoms with Gasteiger partial charge in [-0.1, -0.05) is 17.7 Å². The fourth-order valence-corrected chi connectivity index (χ4v) is 4.11. The molecule has 0 saturated carbocycles. The average Bonchev–Trinajstić information content (AvgIpc) is 3.00. The van der Waals surface area contributed by atoms with Gasteiger partial charge in [0.2, 0.25) is 0 Å². The summed E-state index contributed by atoms with van der Waals surface area (Å²) in [5.41, 5.74) is 3.48. The Morgan fingerprint density at radius 2 is 2.03 bits per heavy atom. The van der Waals surface area contributed by atoms with Gasteiger partial charge in [0.25, 0.3) is 0 Å². The zero-order valence-electron chi connectivity index (χ0n) is 18.9. The van der Waals surface area contributed by atoms with E-state index in [4.69, 9.17) is 26.1 Å². The molecule has 0 spiro atoms. The number of halogens is 1. The molecule has 172 valence electrons. The molecule has 2 aromatic rings. The molecular formula is C24H32ClN5O2. The summed E-state index contributed by atoms with van der Waals surface area (Å²) in [6.07, 6.45) is 7.32. The lowest BCUT2D eigenvalue weighted by molar-refractivity contribution is 0.171. The second-order valence-electron chi connectivity index (χ2n) is 8.07. The van der Waals surface area contributed by atoms with Crippen molar-refractivity contribution in [3.05, 3.63) is 52.8 Å². The lowest BCUT2D eigenvalue weighted by Gasteiger charge is -2.19. The van der Waals surface area contributed by atoms with E-state index >= 15 is 0 Å². The molecular weight excluding hydrogens is 426 g/mol. The zero-order chi connectivity index (χ0) is 22.3. The van der Waals surface area contributed by atoms with E-state index in [1.54, 1.807) is 0 Å². The van der Waals surface area contributed by atoms with Crippen molar-refractivity contribution >= 4 is 23.1 Å². The number of ether oxygens (including phenoxy) is 2. The van der Waals surface area contributed by atoms with Crippen LogP contribution in [0.25, 0.3) is 0 Å². The smallest absolute Gasteiger partial charge is 0.163 e. The van der Waals surface area contributed by atoms with Crippen LogP contribution in [0.1, 0.15) is 24.5 Å². The number of fused-ring (bicyclic) bond motifs is 1. The Labute approximate surface area is 195 Å². The van der Waals surface area contributed by atoms with Gasteiger partial charge in [-0.15, -0.1) is 0 Å². The van der Waals surface area contributed by atoms with Gasteiger partial charge in [0.15, 0.2) is 17.3 Å². The van der Waals surface area contributed by atoms with Crippen LogP contribution in [0.3, 0.4) is 0 Å². The Bertz CT molecular complexity index is 977. The number of rotatable bonds is 6. The van der Waals surface area contributed by atoms with Gasteiger partial charge >= 0.3 is 0 Å². The van der Waals surface area contributed by atoms with Crippen LogP contribution in [-0.2, 0) is 6.54 Å². The van der Waals surface area contributed by atoms with Crippen LogP contribution in [0.5, 0.6) is 11.5 Å². The topological polar surface area (TPSA) is 63.1 Å². The van der Waals surface area contributed by atoms with E-state index in [0.29, 0.717) is 24.9 Å². The summed E-state index contributed by atoms with van der Waals surface area (Å²) in [7, 11) is 0. The Balaban J connectivity index is 1.46. The highest BCUT2D eigenvalue weighted by Crippen LogP contribution is 2.32. The maximum Gasteiger partial charge on any atom is 0.163 e. The van der Waals surface area contributed by atoms with Crippen LogP contribution >= 0.6 is 11.6 Å². The van der Waals surface area contributed by atoms with Crippen LogP contribution in [0.2, 0.25) is 0 Å². The number of hydrogen-bond acceptors (Lipinski definition) is 6. The average molecular weight is 458 g/mol. The van der Waals surface area contributed by atoms with E-state index in [1.165, 1.54) is 17.5 Å². The van der Waals surface area contributed by atoms with Crippen LogP contribution < -0.4 is 20.1 Å². The monoisotopic (exact) mass is 457 g/mol. The molecule has 2 aliphatic heterocycles. The van der Waals surface area contributed by atoms with Crippen LogP contribution in [0.4, 0.5) is 5.69 Å². The first-order chi connectivity index (χ1) is 15.6. The fourth-order valence-electron chi connectivity index (χ4n) is 3.96. The predicted molar refractivity (Wildman–Crippen MR) is 130 cm³/mol. The summed E-state index contributed by atoms with van der Waals surface area (Å²) in [6.45, 7) is 10.9. The maximum absolute atomic E-state index is 6.54. The summed E-state index contributed by atoms with van der Waals surface area (Å²) in [4.78, 5) is 7.27. The summed E-state index contributed by atoms with van der Waals surface area (Å²) in [6, 6.07) is 5.82. The minimum absolute atomic E-state index is 0.392. The number of allylic oxidation sites excluding steroid dienone is 2. The van der Waals surface area contributed by atoms with Crippen LogP contribution in [0.15, 0.2) is 46.7 Å². The van der Waals surface area contributed by atoms with Crippen molar-refractivity contribution in [3.63, 3.8) is 0 Å². The van der Waals surface area contributed by atoms with Crippen molar-refractivity contribution in [3.8, 4) is 11.5 Å². The molecule has 0 radical (unpaired) electrons. The van der Waals surface area contributed by atoms with Crippen molar-refractivity contribution in [2.75, 3.05) is 51.4 Å². The maximum atomic E-state index is 6.54. The third-order valence-corrected chi connectivity index (χ3v) is 6.11. The highest BCUT2D eigenvalue weighted by atomic mass is 35.5.